The normalized spacial score (nSPS) is 11.9. The molecule has 0 bridgehead atoms. The van der Waals surface area contributed by atoms with Crippen molar-refractivity contribution in [2.75, 3.05) is 26.8 Å². The third-order valence-electron chi connectivity index (χ3n) is 2.22. The highest BCUT2D eigenvalue weighted by Crippen LogP contribution is 2.14. The first-order valence-corrected chi connectivity index (χ1v) is 6.27. The molecule has 1 N–H and O–H groups in total. The summed E-state index contributed by atoms with van der Waals surface area (Å²) in [5.41, 5.74) is 0.226. The molecule has 3 heteroatoms. The van der Waals surface area contributed by atoms with Crippen LogP contribution in [0.2, 0.25) is 0 Å². The van der Waals surface area contributed by atoms with Gasteiger partial charge in [0, 0.05) is 23.3 Å². The average Bonchev–Trinajstić information content (AvgIpc) is 2.65. The van der Waals surface area contributed by atoms with Gasteiger partial charge in [-0.25, -0.2) is 0 Å². The molecule has 1 rings (SSSR count). The van der Waals surface area contributed by atoms with Gasteiger partial charge in [-0.05, 0) is 18.5 Å². The smallest absolute Gasteiger partial charge is 0.0529 e. The molecule has 0 fully saturated rings. The molecule has 0 aliphatic rings. The van der Waals surface area contributed by atoms with Crippen LogP contribution in [0, 0.1) is 5.41 Å². The topological polar surface area (TPSA) is 21.3 Å². The van der Waals surface area contributed by atoms with E-state index in [0.29, 0.717) is 0 Å². The third kappa shape index (κ3) is 5.30. The lowest BCUT2D eigenvalue weighted by atomic mass is 9.95. The summed E-state index contributed by atoms with van der Waals surface area (Å²) in [5.74, 6) is 0. The van der Waals surface area contributed by atoms with Gasteiger partial charge in [0.15, 0.2) is 0 Å². The summed E-state index contributed by atoms with van der Waals surface area (Å²) in [6.07, 6.45) is 1.04. The largest absolute Gasteiger partial charge is 0.380 e. The minimum atomic E-state index is 0.226. The van der Waals surface area contributed by atoms with Crippen molar-refractivity contribution in [2.45, 2.75) is 20.3 Å². The zero-order valence-electron chi connectivity index (χ0n) is 9.88. The van der Waals surface area contributed by atoms with Gasteiger partial charge in [0.1, 0.15) is 0 Å². The van der Waals surface area contributed by atoms with Crippen molar-refractivity contribution < 1.29 is 4.74 Å². The van der Waals surface area contributed by atoms with E-state index in [4.69, 9.17) is 4.74 Å². The Hall–Kier alpha value is -0.380. The lowest BCUT2D eigenvalue weighted by molar-refractivity contribution is 0.0653. The fraction of sp³-hybridized carbons (Fsp3) is 0.667. The van der Waals surface area contributed by atoms with Gasteiger partial charge in [-0.3, -0.25) is 0 Å². The maximum Gasteiger partial charge on any atom is 0.0529 e. The summed E-state index contributed by atoms with van der Waals surface area (Å²) >= 11 is 1.80. The van der Waals surface area contributed by atoms with E-state index in [-0.39, 0.29) is 5.41 Å². The molecule has 1 heterocycles. The van der Waals surface area contributed by atoms with Gasteiger partial charge in [-0.15, -0.1) is 11.3 Å². The van der Waals surface area contributed by atoms with Crippen molar-refractivity contribution in [2.24, 2.45) is 5.41 Å². The number of thiophene rings is 1. The second-order valence-electron chi connectivity index (χ2n) is 4.58. The summed E-state index contributed by atoms with van der Waals surface area (Å²) in [5, 5.41) is 5.30. The summed E-state index contributed by atoms with van der Waals surface area (Å²) < 4.78 is 5.69. The Balaban J connectivity index is 2.11. The predicted octanol–water partition coefficient (Wildman–Crippen LogP) is 2.55. The first-order chi connectivity index (χ1) is 7.14. The second-order valence-corrected chi connectivity index (χ2v) is 5.61. The predicted molar refractivity (Wildman–Crippen MR) is 66.5 cm³/mol. The number of hydrogen-bond donors (Lipinski definition) is 1. The van der Waals surface area contributed by atoms with Crippen LogP contribution in [0.5, 0.6) is 0 Å². The van der Waals surface area contributed by atoms with Crippen LogP contribution in [0.25, 0.3) is 0 Å². The van der Waals surface area contributed by atoms with E-state index in [0.717, 1.165) is 26.2 Å². The lowest BCUT2D eigenvalue weighted by Gasteiger charge is -2.23. The monoisotopic (exact) mass is 227 g/mol. The van der Waals surface area contributed by atoms with E-state index >= 15 is 0 Å². The SMILES string of the molecule is CNCC(C)(C)COCCc1cccs1. The summed E-state index contributed by atoms with van der Waals surface area (Å²) in [7, 11) is 1.98. The van der Waals surface area contributed by atoms with Crippen molar-refractivity contribution in [3.63, 3.8) is 0 Å². The second kappa shape index (κ2) is 6.26. The standard InChI is InChI=1S/C12H21NOS/c1-12(2,9-13-3)10-14-7-6-11-5-4-8-15-11/h4-5,8,13H,6-7,9-10H2,1-3H3. The van der Waals surface area contributed by atoms with Crippen LogP contribution < -0.4 is 5.32 Å². The van der Waals surface area contributed by atoms with Crippen LogP contribution in [0.4, 0.5) is 0 Å². The zero-order chi connectivity index (χ0) is 11.1. The molecular formula is C12H21NOS. The Morgan fingerprint density at radius 1 is 1.47 bits per heavy atom. The molecule has 1 aromatic heterocycles. The van der Waals surface area contributed by atoms with Gasteiger partial charge in [-0.2, -0.15) is 0 Å². The van der Waals surface area contributed by atoms with E-state index in [1.807, 2.05) is 7.05 Å². The molecule has 0 aliphatic heterocycles. The molecule has 0 saturated heterocycles. The highest BCUT2D eigenvalue weighted by molar-refractivity contribution is 7.09. The van der Waals surface area contributed by atoms with Gasteiger partial charge < -0.3 is 10.1 Å². The van der Waals surface area contributed by atoms with E-state index in [1.165, 1.54) is 4.88 Å². The number of rotatable bonds is 7. The number of nitrogens with one attached hydrogen (secondary N) is 1. The maximum absolute atomic E-state index is 5.69. The van der Waals surface area contributed by atoms with Gasteiger partial charge >= 0.3 is 0 Å². The fourth-order valence-electron chi connectivity index (χ4n) is 1.51. The first-order valence-electron chi connectivity index (χ1n) is 5.39. The molecule has 0 saturated carbocycles. The summed E-state index contributed by atoms with van der Waals surface area (Å²) in [4.78, 5) is 1.40. The van der Waals surface area contributed by atoms with Crippen LogP contribution in [-0.4, -0.2) is 26.8 Å². The van der Waals surface area contributed by atoms with Crippen molar-refractivity contribution in [3.8, 4) is 0 Å². The lowest BCUT2D eigenvalue weighted by Crippen LogP contribution is -2.31. The molecular weight excluding hydrogens is 206 g/mol. The van der Waals surface area contributed by atoms with E-state index in [9.17, 15) is 0 Å². The van der Waals surface area contributed by atoms with E-state index in [2.05, 4.69) is 36.7 Å². The average molecular weight is 227 g/mol. The van der Waals surface area contributed by atoms with E-state index in [1.54, 1.807) is 11.3 Å². The molecule has 0 aromatic carbocycles. The first kappa shape index (κ1) is 12.7. The van der Waals surface area contributed by atoms with Crippen molar-refractivity contribution in [3.05, 3.63) is 22.4 Å². The van der Waals surface area contributed by atoms with Crippen LogP contribution in [0.15, 0.2) is 17.5 Å². The third-order valence-corrected chi connectivity index (χ3v) is 3.16. The minimum absolute atomic E-state index is 0.226. The molecule has 0 unspecified atom stereocenters. The summed E-state index contributed by atoms with van der Waals surface area (Å²) in [6.45, 7) is 7.07. The maximum atomic E-state index is 5.69. The molecule has 15 heavy (non-hydrogen) atoms. The van der Waals surface area contributed by atoms with Crippen LogP contribution in [-0.2, 0) is 11.2 Å². The van der Waals surface area contributed by atoms with Crippen molar-refractivity contribution in [1.29, 1.82) is 0 Å². The number of ether oxygens (including phenoxy) is 1. The van der Waals surface area contributed by atoms with Gasteiger partial charge in [0.25, 0.3) is 0 Å². The molecule has 0 amide bonds. The van der Waals surface area contributed by atoms with Crippen LogP contribution in [0.3, 0.4) is 0 Å². The molecule has 0 radical (unpaired) electrons. The quantitative estimate of drug-likeness (QED) is 0.723. The molecule has 2 nitrogen and oxygen atoms in total. The Morgan fingerprint density at radius 2 is 2.27 bits per heavy atom. The Bertz CT molecular complexity index is 257. The zero-order valence-corrected chi connectivity index (χ0v) is 10.7. The van der Waals surface area contributed by atoms with Gasteiger partial charge in [0.2, 0.25) is 0 Å². The summed E-state index contributed by atoms with van der Waals surface area (Å²) in [6, 6.07) is 4.25. The Kier molecular flexibility index (Phi) is 5.29. The van der Waals surface area contributed by atoms with Gasteiger partial charge in [0.05, 0.1) is 13.2 Å². The van der Waals surface area contributed by atoms with E-state index < -0.39 is 0 Å². The molecule has 1 aromatic rings. The molecule has 0 aliphatic carbocycles. The Morgan fingerprint density at radius 3 is 2.87 bits per heavy atom. The van der Waals surface area contributed by atoms with Crippen molar-refractivity contribution in [1.82, 2.24) is 5.32 Å². The number of hydrogen-bond acceptors (Lipinski definition) is 3. The van der Waals surface area contributed by atoms with Crippen LogP contribution >= 0.6 is 11.3 Å². The minimum Gasteiger partial charge on any atom is -0.380 e. The molecule has 86 valence electrons. The Labute approximate surface area is 96.7 Å². The highest BCUT2D eigenvalue weighted by atomic mass is 32.1. The fourth-order valence-corrected chi connectivity index (χ4v) is 2.20. The molecule has 0 spiro atoms. The van der Waals surface area contributed by atoms with Crippen LogP contribution in [0.1, 0.15) is 18.7 Å². The molecule has 0 atom stereocenters. The highest BCUT2D eigenvalue weighted by Gasteiger charge is 2.16. The van der Waals surface area contributed by atoms with Gasteiger partial charge in [-0.1, -0.05) is 19.9 Å². The van der Waals surface area contributed by atoms with Crippen molar-refractivity contribution >= 4 is 11.3 Å².